The summed E-state index contributed by atoms with van der Waals surface area (Å²) in [6.07, 6.45) is 3.48. The van der Waals surface area contributed by atoms with Gasteiger partial charge in [-0.15, -0.1) is 0 Å². The molecule has 8 nitrogen and oxygen atoms in total. The van der Waals surface area contributed by atoms with Crippen molar-refractivity contribution in [3.8, 4) is 23.0 Å². The fraction of sp³-hybridized carbons (Fsp3) is 0.364. The fourth-order valence-electron chi connectivity index (χ4n) is 5.54. The number of hydrogen-bond acceptors (Lipinski definition) is 8. The first-order valence-electron chi connectivity index (χ1n) is 14.6. The summed E-state index contributed by atoms with van der Waals surface area (Å²) in [5.74, 6) is 1.43. The van der Waals surface area contributed by atoms with Crippen molar-refractivity contribution in [1.82, 2.24) is 15.2 Å². The molecule has 2 fully saturated rings. The van der Waals surface area contributed by atoms with E-state index in [0.29, 0.717) is 47.5 Å². The van der Waals surface area contributed by atoms with Crippen molar-refractivity contribution in [1.29, 1.82) is 0 Å². The summed E-state index contributed by atoms with van der Waals surface area (Å²) < 4.78 is 38.5. The summed E-state index contributed by atoms with van der Waals surface area (Å²) in [7, 11) is 1.61. The van der Waals surface area contributed by atoms with E-state index in [1.54, 1.807) is 25.4 Å². The summed E-state index contributed by atoms with van der Waals surface area (Å²) in [4.78, 5) is 9.03. The van der Waals surface area contributed by atoms with Crippen molar-refractivity contribution < 1.29 is 23.3 Å². The van der Waals surface area contributed by atoms with E-state index in [0.717, 1.165) is 57.9 Å². The highest BCUT2D eigenvalue weighted by atomic mass is 19.1. The minimum Gasteiger partial charge on any atom is -0.493 e. The number of hydrogen-bond donors (Lipinski definition) is 1. The average Bonchev–Trinajstić information content (AvgIpc) is 3.49. The van der Waals surface area contributed by atoms with Crippen molar-refractivity contribution in [3.05, 3.63) is 84.3 Å². The number of pyridine rings is 1. The molecule has 6 rings (SSSR count). The van der Waals surface area contributed by atoms with Gasteiger partial charge in [-0.1, -0.05) is 30.3 Å². The van der Waals surface area contributed by atoms with Crippen LogP contribution in [-0.2, 0) is 11.2 Å². The predicted molar refractivity (Wildman–Crippen MR) is 161 cm³/mol. The SMILES string of the molecule is COc1cc2c(Oc3ccc(N4CNC(Cc5ccccc5)C4)cc3F)ccnc2cc1OCCCN1CCOCC1. The Kier molecular flexibility index (Phi) is 8.98. The zero-order chi connectivity index (χ0) is 28.7. The number of morpholine rings is 1. The number of nitrogens with one attached hydrogen (secondary N) is 1. The number of fused-ring (bicyclic) bond motifs is 1. The molecule has 9 heteroatoms. The predicted octanol–water partition coefficient (Wildman–Crippen LogP) is 5.25. The second-order valence-corrected chi connectivity index (χ2v) is 10.7. The molecule has 1 atom stereocenters. The van der Waals surface area contributed by atoms with E-state index in [1.807, 2.05) is 24.3 Å². The molecule has 1 N–H and O–H groups in total. The minimum absolute atomic E-state index is 0.154. The van der Waals surface area contributed by atoms with Gasteiger partial charge in [0.25, 0.3) is 0 Å². The lowest BCUT2D eigenvalue weighted by molar-refractivity contribution is 0.0357. The number of nitrogens with zero attached hydrogens (tertiary/aromatic N) is 3. The Hall–Kier alpha value is -3.92. The second kappa shape index (κ2) is 13.4. The lowest BCUT2D eigenvalue weighted by Crippen LogP contribution is -2.37. The van der Waals surface area contributed by atoms with Gasteiger partial charge in [-0.05, 0) is 42.7 Å². The van der Waals surface area contributed by atoms with Crippen molar-refractivity contribution in [2.75, 3.05) is 64.7 Å². The Morgan fingerprint density at radius 2 is 1.83 bits per heavy atom. The zero-order valence-corrected chi connectivity index (χ0v) is 23.9. The van der Waals surface area contributed by atoms with Gasteiger partial charge < -0.3 is 23.8 Å². The highest BCUT2D eigenvalue weighted by molar-refractivity contribution is 5.88. The lowest BCUT2D eigenvalue weighted by atomic mass is 10.1. The van der Waals surface area contributed by atoms with Crippen molar-refractivity contribution in [3.63, 3.8) is 0 Å². The summed E-state index contributed by atoms with van der Waals surface area (Å²) in [5.41, 5.74) is 2.79. The number of aromatic nitrogens is 1. The molecule has 4 aromatic rings. The summed E-state index contributed by atoms with van der Waals surface area (Å²) in [6.45, 7) is 6.49. The van der Waals surface area contributed by atoms with E-state index in [4.69, 9.17) is 18.9 Å². The largest absolute Gasteiger partial charge is 0.493 e. The molecule has 0 radical (unpaired) electrons. The van der Waals surface area contributed by atoms with Gasteiger partial charge in [0, 0.05) is 61.6 Å². The maximum Gasteiger partial charge on any atom is 0.167 e. The zero-order valence-electron chi connectivity index (χ0n) is 23.9. The molecule has 1 aromatic heterocycles. The third-order valence-electron chi connectivity index (χ3n) is 7.80. The van der Waals surface area contributed by atoms with Crippen molar-refractivity contribution in [2.45, 2.75) is 18.9 Å². The number of methoxy groups -OCH3 is 1. The minimum atomic E-state index is -0.420. The third kappa shape index (κ3) is 6.75. The van der Waals surface area contributed by atoms with Gasteiger partial charge in [0.15, 0.2) is 23.1 Å². The van der Waals surface area contributed by atoms with Crippen LogP contribution in [0.1, 0.15) is 12.0 Å². The van der Waals surface area contributed by atoms with E-state index in [9.17, 15) is 0 Å². The highest BCUT2D eigenvalue weighted by Gasteiger charge is 2.23. The molecule has 1 unspecified atom stereocenters. The molecule has 2 saturated heterocycles. The first-order valence-corrected chi connectivity index (χ1v) is 14.6. The Bertz CT molecular complexity index is 1480. The quantitative estimate of drug-likeness (QED) is 0.245. The van der Waals surface area contributed by atoms with Crippen LogP contribution in [-0.4, -0.2) is 75.7 Å². The molecule has 42 heavy (non-hydrogen) atoms. The topological polar surface area (TPSA) is 68.3 Å². The molecule has 3 heterocycles. The molecule has 0 bridgehead atoms. The van der Waals surface area contributed by atoms with Crippen LogP contribution >= 0.6 is 0 Å². The molecule has 220 valence electrons. The number of rotatable bonds is 11. The van der Waals surface area contributed by atoms with Crippen LogP contribution in [0.5, 0.6) is 23.0 Å². The highest BCUT2D eigenvalue weighted by Crippen LogP contribution is 2.38. The van der Waals surface area contributed by atoms with E-state index < -0.39 is 5.82 Å². The van der Waals surface area contributed by atoms with Crippen LogP contribution in [0, 0.1) is 5.82 Å². The summed E-state index contributed by atoms with van der Waals surface area (Å²) in [6, 6.07) is 21.3. The Morgan fingerprint density at radius 3 is 2.64 bits per heavy atom. The van der Waals surface area contributed by atoms with Crippen molar-refractivity contribution in [2.24, 2.45) is 0 Å². The molecule has 0 aliphatic carbocycles. The lowest BCUT2D eigenvalue weighted by Gasteiger charge is -2.26. The average molecular weight is 573 g/mol. The monoisotopic (exact) mass is 572 g/mol. The number of anilines is 1. The van der Waals surface area contributed by atoms with Crippen LogP contribution in [0.15, 0.2) is 72.9 Å². The number of benzene rings is 3. The maximum absolute atomic E-state index is 15.3. The Balaban J connectivity index is 1.11. The van der Waals surface area contributed by atoms with Gasteiger partial charge in [0.1, 0.15) is 5.75 Å². The van der Waals surface area contributed by atoms with Crippen LogP contribution in [0.4, 0.5) is 10.1 Å². The van der Waals surface area contributed by atoms with E-state index in [-0.39, 0.29) is 5.75 Å². The molecule has 3 aromatic carbocycles. The third-order valence-corrected chi connectivity index (χ3v) is 7.80. The summed E-state index contributed by atoms with van der Waals surface area (Å²) in [5, 5.41) is 4.24. The standard InChI is InChI=1S/C33H37FN4O4/c1-39-32-20-27-29(21-33(32)41-15-5-12-37-13-16-40-17-14-37)35-11-10-30(27)42-31-9-8-26(19-28(31)34)38-22-25(36-23-38)18-24-6-3-2-4-7-24/h2-4,6-11,19-21,25,36H,5,12-18,22-23H2,1H3. The van der Waals surface area contributed by atoms with E-state index >= 15 is 4.39 Å². The Labute approximate surface area is 246 Å². The van der Waals surface area contributed by atoms with E-state index in [2.05, 4.69) is 44.4 Å². The van der Waals surface area contributed by atoms with Gasteiger partial charge in [-0.2, -0.15) is 0 Å². The number of ether oxygens (including phenoxy) is 4. The van der Waals surface area contributed by atoms with Gasteiger partial charge in [-0.25, -0.2) is 4.39 Å². The normalized spacial score (nSPS) is 17.5. The van der Waals surface area contributed by atoms with Crippen LogP contribution in [0.3, 0.4) is 0 Å². The molecular weight excluding hydrogens is 535 g/mol. The van der Waals surface area contributed by atoms with Gasteiger partial charge in [-0.3, -0.25) is 15.2 Å². The molecular formula is C33H37FN4O4. The molecule has 0 saturated carbocycles. The van der Waals surface area contributed by atoms with Crippen molar-refractivity contribution >= 4 is 16.6 Å². The molecule has 0 amide bonds. The van der Waals surface area contributed by atoms with Crippen LogP contribution in [0.25, 0.3) is 10.9 Å². The molecule has 2 aliphatic heterocycles. The van der Waals surface area contributed by atoms with Gasteiger partial charge in [0.05, 0.1) is 39.1 Å². The first-order chi connectivity index (χ1) is 20.7. The smallest absolute Gasteiger partial charge is 0.167 e. The fourth-order valence-corrected chi connectivity index (χ4v) is 5.54. The van der Waals surface area contributed by atoms with Crippen LogP contribution in [0.2, 0.25) is 0 Å². The molecule has 0 spiro atoms. The van der Waals surface area contributed by atoms with E-state index in [1.165, 1.54) is 11.6 Å². The first kappa shape index (κ1) is 28.2. The van der Waals surface area contributed by atoms with Crippen LogP contribution < -0.4 is 24.4 Å². The summed E-state index contributed by atoms with van der Waals surface area (Å²) >= 11 is 0. The van der Waals surface area contributed by atoms with Gasteiger partial charge >= 0.3 is 0 Å². The van der Waals surface area contributed by atoms with Gasteiger partial charge in [0.2, 0.25) is 0 Å². The Morgan fingerprint density at radius 1 is 0.976 bits per heavy atom. The molecule has 2 aliphatic rings. The number of halogens is 1. The second-order valence-electron chi connectivity index (χ2n) is 10.7. The maximum atomic E-state index is 15.3.